The van der Waals surface area contributed by atoms with E-state index in [1.54, 1.807) is 4.90 Å². The SMILES string of the molecule is CN[C@H]1CCCCC[C@H]1N(C)c1ccc2c(c1)C(=O)N(C1CCC(=O)NC1=O)C2. The molecule has 1 aromatic carbocycles. The van der Waals surface area contributed by atoms with Gasteiger partial charge in [-0.2, -0.15) is 0 Å². The van der Waals surface area contributed by atoms with Crippen LogP contribution in [-0.4, -0.2) is 54.8 Å². The Kier molecular flexibility index (Phi) is 5.58. The molecule has 2 heterocycles. The first-order valence-electron chi connectivity index (χ1n) is 10.7. The summed E-state index contributed by atoms with van der Waals surface area (Å²) in [6, 6.07) is 6.33. The molecule has 0 bridgehead atoms. The van der Waals surface area contributed by atoms with Gasteiger partial charge in [0, 0.05) is 43.3 Å². The van der Waals surface area contributed by atoms with Gasteiger partial charge in [0.25, 0.3) is 5.91 Å². The number of hydrogen-bond donors (Lipinski definition) is 2. The van der Waals surface area contributed by atoms with Gasteiger partial charge in [-0.15, -0.1) is 0 Å². The van der Waals surface area contributed by atoms with Crippen LogP contribution in [0.1, 0.15) is 60.9 Å². The average Bonchev–Trinajstić information content (AvgIpc) is 2.89. The molecule has 1 aliphatic carbocycles. The van der Waals surface area contributed by atoms with Crippen molar-refractivity contribution in [3.63, 3.8) is 0 Å². The number of fused-ring (bicyclic) bond motifs is 1. The van der Waals surface area contributed by atoms with Crippen molar-refractivity contribution in [2.75, 3.05) is 19.0 Å². The molecule has 1 unspecified atom stereocenters. The van der Waals surface area contributed by atoms with E-state index >= 15 is 0 Å². The fourth-order valence-corrected chi connectivity index (χ4v) is 5.04. The second-order valence-corrected chi connectivity index (χ2v) is 8.45. The Hall–Kier alpha value is -2.41. The van der Waals surface area contributed by atoms with Crippen LogP contribution in [0.25, 0.3) is 0 Å². The number of nitrogens with one attached hydrogen (secondary N) is 2. The number of nitrogens with zero attached hydrogens (tertiary/aromatic N) is 2. The molecule has 3 atom stereocenters. The van der Waals surface area contributed by atoms with Gasteiger partial charge in [0.05, 0.1) is 0 Å². The molecule has 3 aliphatic rings. The number of carbonyl (C=O) groups excluding carboxylic acids is 3. The first-order valence-corrected chi connectivity index (χ1v) is 10.7. The molecule has 0 spiro atoms. The molecule has 0 radical (unpaired) electrons. The van der Waals surface area contributed by atoms with Crippen LogP contribution in [0.2, 0.25) is 0 Å². The van der Waals surface area contributed by atoms with Crippen LogP contribution in [0.5, 0.6) is 0 Å². The number of rotatable bonds is 4. The number of amides is 3. The summed E-state index contributed by atoms with van der Waals surface area (Å²) in [6.07, 6.45) is 6.71. The van der Waals surface area contributed by atoms with Crippen LogP contribution >= 0.6 is 0 Å². The molecule has 156 valence electrons. The molecule has 1 saturated carbocycles. The lowest BCUT2D eigenvalue weighted by Gasteiger charge is -2.35. The maximum atomic E-state index is 13.1. The Morgan fingerprint density at radius 1 is 1.10 bits per heavy atom. The Morgan fingerprint density at radius 2 is 1.90 bits per heavy atom. The Bertz CT molecular complexity index is 824. The summed E-state index contributed by atoms with van der Waals surface area (Å²) in [6.45, 7) is 0.424. The van der Waals surface area contributed by atoms with E-state index in [4.69, 9.17) is 0 Å². The number of anilines is 1. The lowest BCUT2D eigenvalue weighted by atomic mass is 10.00. The number of piperidine rings is 1. The number of likely N-dealkylation sites (N-methyl/N-ethyl adjacent to an activating group) is 2. The maximum absolute atomic E-state index is 13.1. The van der Waals surface area contributed by atoms with Gasteiger partial charge in [-0.25, -0.2) is 0 Å². The predicted octanol–water partition coefficient (Wildman–Crippen LogP) is 1.80. The van der Waals surface area contributed by atoms with Crippen molar-refractivity contribution >= 4 is 23.4 Å². The maximum Gasteiger partial charge on any atom is 0.255 e. The van der Waals surface area contributed by atoms with E-state index in [2.05, 4.69) is 28.6 Å². The topological polar surface area (TPSA) is 81.8 Å². The summed E-state index contributed by atoms with van der Waals surface area (Å²) in [7, 11) is 4.14. The highest BCUT2D eigenvalue weighted by Gasteiger charge is 2.39. The number of benzene rings is 1. The van der Waals surface area contributed by atoms with Gasteiger partial charge in [0.2, 0.25) is 11.8 Å². The highest BCUT2D eigenvalue weighted by molar-refractivity contribution is 6.05. The summed E-state index contributed by atoms with van der Waals surface area (Å²) in [5.74, 6) is -0.743. The lowest BCUT2D eigenvalue weighted by Crippen LogP contribution is -2.52. The molecule has 1 aromatic rings. The third-order valence-electron chi connectivity index (χ3n) is 6.77. The second kappa shape index (κ2) is 8.14. The predicted molar refractivity (Wildman–Crippen MR) is 111 cm³/mol. The summed E-state index contributed by atoms with van der Waals surface area (Å²) in [5.41, 5.74) is 2.66. The van der Waals surface area contributed by atoms with Gasteiger partial charge in [-0.05, 0) is 44.0 Å². The van der Waals surface area contributed by atoms with Crippen molar-refractivity contribution in [2.45, 2.75) is 69.6 Å². The van der Waals surface area contributed by atoms with Crippen molar-refractivity contribution in [1.29, 1.82) is 0 Å². The zero-order valence-electron chi connectivity index (χ0n) is 17.2. The van der Waals surface area contributed by atoms with Gasteiger partial charge in [-0.3, -0.25) is 19.7 Å². The zero-order valence-corrected chi connectivity index (χ0v) is 17.2. The van der Waals surface area contributed by atoms with Crippen LogP contribution in [0.3, 0.4) is 0 Å². The third kappa shape index (κ3) is 3.75. The normalized spacial score (nSPS) is 27.4. The zero-order chi connectivity index (χ0) is 20.5. The molecule has 7 heteroatoms. The van der Waals surface area contributed by atoms with Gasteiger partial charge >= 0.3 is 0 Å². The molecular weight excluding hydrogens is 368 g/mol. The minimum absolute atomic E-state index is 0.115. The monoisotopic (exact) mass is 398 g/mol. The first-order chi connectivity index (χ1) is 14.0. The number of carbonyl (C=O) groups is 3. The Balaban J connectivity index is 1.54. The Morgan fingerprint density at radius 3 is 2.66 bits per heavy atom. The van der Waals surface area contributed by atoms with E-state index in [9.17, 15) is 14.4 Å². The molecule has 2 fully saturated rings. The van der Waals surface area contributed by atoms with E-state index < -0.39 is 6.04 Å². The lowest BCUT2D eigenvalue weighted by molar-refractivity contribution is -0.136. The minimum Gasteiger partial charge on any atom is -0.370 e. The summed E-state index contributed by atoms with van der Waals surface area (Å²) >= 11 is 0. The van der Waals surface area contributed by atoms with Gasteiger partial charge in [0.1, 0.15) is 6.04 Å². The molecule has 7 nitrogen and oxygen atoms in total. The molecule has 3 amide bonds. The highest BCUT2D eigenvalue weighted by Crippen LogP contribution is 2.32. The number of imide groups is 1. The van der Waals surface area contributed by atoms with Crippen LogP contribution in [0, 0.1) is 0 Å². The van der Waals surface area contributed by atoms with E-state index in [0.29, 0.717) is 30.6 Å². The smallest absolute Gasteiger partial charge is 0.255 e. The fourth-order valence-electron chi connectivity index (χ4n) is 5.04. The van der Waals surface area contributed by atoms with E-state index in [0.717, 1.165) is 17.7 Å². The highest BCUT2D eigenvalue weighted by atomic mass is 16.2. The fraction of sp³-hybridized carbons (Fsp3) is 0.591. The van der Waals surface area contributed by atoms with Gasteiger partial charge in [-0.1, -0.05) is 25.3 Å². The van der Waals surface area contributed by atoms with Crippen molar-refractivity contribution in [3.05, 3.63) is 29.3 Å². The molecule has 2 aliphatic heterocycles. The summed E-state index contributed by atoms with van der Waals surface area (Å²) in [4.78, 5) is 40.7. The summed E-state index contributed by atoms with van der Waals surface area (Å²) in [5, 5.41) is 5.83. The third-order valence-corrected chi connectivity index (χ3v) is 6.77. The van der Waals surface area contributed by atoms with Crippen LogP contribution < -0.4 is 15.5 Å². The van der Waals surface area contributed by atoms with Gasteiger partial charge < -0.3 is 15.1 Å². The van der Waals surface area contributed by atoms with Crippen molar-refractivity contribution < 1.29 is 14.4 Å². The molecule has 4 rings (SSSR count). The van der Waals surface area contributed by atoms with Crippen molar-refractivity contribution in [3.8, 4) is 0 Å². The average molecular weight is 399 g/mol. The molecule has 2 N–H and O–H groups in total. The van der Waals surface area contributed by atoms with Gasteiger partial charge in [0.15, 0.2) is 0 Å². The Labute approximate surface area is 171 Å². The molecule has 1 saturated heterocycles. The van der Waals surface area contributed by atoms with E-state index in [1.165, 1.54) is 25.7 Å². The number of hydrogen-bond acceptors (Lipinski definition) is 5. The van der Waals surface area contributed by atoms with Crippen LogP contribution in [0.15, 0.2) is 18.2 Å². The minimum atomic E-state index is -0.565. The quantitative estimate of drug-likeness (QED) is 0.597. The van der Waals surface area contributed by atoms with Crippen molar-refractivity contribution in [1.82, 2.24) is 15.5 Å². The largest absolute Gasteiger partial charge is 0.370 e. The molecule has 29 heavy (non-hydrogen) atoms. The standard InChI is InChI=1S/C22H30N4O3/c1-23-17-6-4-3-5-7-18(17)25(2)15-9-8-14-13-26(22(29)16(14)12-15)19-10-11-20(27)24-21(19)28/h8-9,12,17-19,23H,3-7,10-11,13H2,1-2H3,(H,24,27,28)/t17-,18+,19?/m0/s1. The van der Waals surface area contributed by atoms with Crippen LogP contribution in [0.4, 0.5) is 5.69 Å². The van der Waals surface area contributed by atoms with E-state index in [-0.39, 0.29) is 24.1 Å². The molecule has 0 aromatic heterocycles. The van der Waals surface area contributed by atoms with Crippen molar-refractivity contribution in [2.24, 2.45) is 0 Å². The van der Waals surface area contributed by atoms with E-state index in [1.807, 2.05) is 19.2 Å². The second-order valence-electron chi connectivity index (χ2n) is 8.45. The van der Waals surface area contributed by atoms with Crippen LogP contribution in [-0.2, 0) is 16.1 Å². The molecular formula is C22H30N4O3. The summed E-state index contributed by atoms with van der Waals surface area (Å²) < 4.78 is 0. The first kappa shape index (κ1) is 19.9.